The third kappa shape index (κ3) is 3.49. The van der Waals surface area contributed by atoms with Gasteiger partial charge in [-0.25, -0.2) is 0 Å². The molecule has 1 aromatic carbocycles. The molecule has 20 heavy (non-hydrogen) atoms. The summed E-state index contributed by atoms with van der Waals surface area (Å²) in [5.74, 6) is -0.353. The van der Waals surface area contributed by atoms with Crippen molar-refractivity contribution in [2.75, 3.05) is 5.32 Å². The second-order valence-electron chi connectivity index (χ2n) is 4.41. The van der Waals surface area contributed by atoms with Gasteiger partial charge in [0.15, 0.2) is 4.34 Å². The lowest BCUT2D eigenvalue weighted by Gasteiger charge is -2.08. The average Bonchev–Trinajstić information content (AvgIpc) is 2.82. The monoisotopic (exact) mass is 308 g/mol. The van der Waals surface area contributed by atoms with E-state index in [0.29, 0.717) is 5.13 Å². The van der Waals surface area contributed by atoms with Crippen molar-refractivity contribution in [2.45, 2.75) is 30.4 Å². The van der Waals surface area contributed by atoms with Gasteiger partial charge in [0, 0.05) is 5.69 Å². The number of thioether (sulfide) groups is 1. The molecular weight excluding hydrogens is 292 g/mol. The normalized spacial score (nSPS) is 12.2. The van der Waals surface area contributed by atoms with Crippen LogP contribution in [0.2, 0.25) is 0 Å². The van der Waals surface area contributed by atoms with Crippen LogP contribution in [0.3, 0.4) is 0 Å². The quantitative estimate of drug-likeness (QED) is 0.830. The summed E-state index contributed by atoms with van der Waals surface area (Å²) >= 11 is 2.73. The van der Waals surface area contributed by atoms with Crippen molar-refractivity contribution in [3.8, 4) is 0 Å². The van der Waals surface area contributed by atoms with Crippen LogP contribution in [0.4, 0.5) is 10.8 Å². The van der Waals surface area contributed by atoms with Gasteiger partial charge in [-0.15, -0.1) is 10.2 Å². The highest BCUT2D eigenvalue weighted by Gasteiger charge is 2.14. The Bertz CT molecular complexity index is 627. The van der Waals surface area contributed by atoms with Gasteiger partial charge in [0.2, 0.25) is 11.0 Å². The molecule has 106 valence electrons. The Kier molecular flexibility index (Phi) is 4.61. The molecule has 0 spiro atoms. The number of aryl methyl sites for hydroxylation is 1. The van der Waals surface area contributed by atoms with E-state index in [1.807, 2.05) is 12.1 Å². The minimum atomic E-state index is -0.353. The van der Waals surface area contributed by atoms with Gasteiger partial charge in [-0.1, -0.05) is 35.2 Å². The van der Waals surface area contributed by atoms with Crippen LogP contribution in [-0.2, 0) is 4.79 Å². The fourth-order valence-electron chi connectivity index (χ4n) is 1.52. The van der Waals surface area contributed by atoms with E-state index in [1.165, 1.54) is 34.2 Å². The number of aromatic nitrogens is 2. The Hall–Kier alpha value is -1.60. The predicted octanol–water partition coefficient (Wildman–Crippen LogP) is 2.86. The Morgan fingerprint density at radius 2 is 2.15 bits per heavy atom. The number of nitrogens with zero attached hydrogens (tertiary/aromatic N) is 2. The van der Waals surface area contributed by atoms with Gasteiger partial charge in [0.1, 0.15) is 0 Å². The van der Waals surface area contributed by atoms with Gasteiger partial charge in [-0.2, -0.15) is 0 Å². The molecule has 0 aliphatic carbocycles. The molecule has 2 rings (SSSR count). The molecule has 0 unspecified atom stereocenters. The summed E-state index contributed by atoms with van der Waals surface area (Å²) in [4.78, 5) is 11.0. The molecule has 0 bridgehead atoms. The molecule has 2 aromatic rings. The summed E-state index contributed by atoms with van der Waals surface area (Å²) in [7, 11) is 0. The number of benzene rings is 1. The van der Waals surface area contributed by atoms with Gasteiger partial charge in [-0.3, -0.25) is 4.79 Å². The maximum atomic E-state index is 11.0. The summed E-state index contributed by atoms with van der Waals surface area (Å²) in [6.45, 7) is 5.88. The highest BCUT2D eigenvalue weighted by Crippen LogP contribution is 2.31. The van der Waals surface area contributed by atoms with Crippen LogP contribution in [0.1, 0.15) is 18.1 Å². The summed E-state index contributed by atoms with van der Waals surface area (Å²) in [5.41, 5.74) is 8.65. The summed E-state index contributed by atoms with van der Waals surface area (Å²) < 4.78 is 0.726. The van der Waals surface area contributed by atoms with E-state index in [1.54, 1.807) is 6.92 Å². The Morgan fingerprint density at radius 1 is 1.40 bits per heavy atom. The summed E-state index contributed by atoms with van der Waals surface area (Å²) in [6, 6.07) is 6.07. The zero-order valence-corrected chi connectivity index (χ0v) is 13.1. The highest BCUT2D eigenvalue weighted by molar-refractivity contribution is 8.02. The Balaban J connectivity index is 2.10. The van der Waals surface area contributed by atoms with Crippen molar-refractivity contribution < 1.29 is 4.79 Å². The van der Waals surface area contributed by atoms with E-state index >= 15 is 0 Å². The number of nitrogens with one attached hydrogen (secondary N) is 1. The molecule has 0 aliphatic heterocycles. The molecule has 0 saturated heterocycles. The van der Waals surface area contributed by atoms with Crippen molar-refractivity contribution in [2.24, 2.45) is 5.73 Å². The Morgan fingerprint density at radius 3 is 2.85 bits per heavy atom. The molecule has 7 heteroatoms. The standard InChI is InChI=1S/C13H16N4OS2/c1-7-5-4-6-10(8(7)2)15-12-16-17-13(20-12)19-9(3)11(14)18/h4-6,9H,1-3H3,(H2,14,18)(H,15,16)/t9-/m0/s1. The van der Waals surface area contributed by atoms with E-state index in [2.05, 4.69) is 35.4 Å². The smallest absolute Gasteiger partial charge is 0.230 e. The van der Waals surface area contributed by atoms with Gasteiger partial charge in [-0.05, 0) is 38.0 Å². The number of primary amides is 1. The van der Waals surface area contributed by atoms with E-state index < -0.39 is 0 Å². The molecule has 1 atom stereocenters. The minimum absolute atomic E-state index is 0.309. The lowest BCUT2D eigenvalue weighted by atomic mass is 10.1. The lowest BCUT2D eigenvalue weighted by molar-refractivity contribution is -0.117. The van der Waals surface area contributed by atoms with Crippen LogP contribution >= 0.6 is 23.1 Å². The van der Waals surface area contributed by atoms with Gasteiger partial charge < -0.3 is 11.1 Å². The first-order chi connectivity index (χ1) is 9.47. The maximum absolute atomic E-state index is 11.0. The van der Waals surface area contributed by atoms with Crippen LogP contribution in [0, 0.1) is 13.8 Å². The van der Waals surface area contributed by atoms with Crippen LogP contribution in [0.15, 0.2) is 22.5 Å². The maximum Gasteiger partial charge on any atom is 0.230 e. The van der Waals surface area contributed by atoms with E-state index in [-0.39, 0.29) is 11.2 Å². The number of rotatable bonds is 5. The van der Waals surface area contributed by atoms with Gasteiger partial charge >= 0.3 is 0 Å². The number of amides is 1. The van der Waals surface area contributed by atoms with Crippen LogP contribution in [0.5, 0.6) is 0 Å². The first kappa shape index (κ1) is 14.8. The van der Waals surface area contributed by atoms with Crippen LogP contribution < -0.4 is 11.1 Å². The van der Waals surface area contributed by atoms with Crippen molar-refractivity contribution in [3.05, 3.63) is 29.3 Å². The topological polar surface area (TPSA) is 80.9 Å². The molecule has 0 aliphatic rings. The van der Waals surface area contributed by atoms with E-state index in [0.717, 1.165) is 10.0 Å². The minimum Gasteiger partial charge on any atom is -0.369 e. The second-order valence-corrected chi connectivity index (χ2v) is 6.97. The average molecular weight is 308 g/mol. The number of carbonyl (C=O) groups excluding carboxylic acids is 1. The number of anilines is 2. The van der Waals surface area contributed by atoms with Crippen LogP contribution in [0.25, 0.3) is 0 Å². The zero-order valence-electron chi connectivity index (χ0n) is 11.5. The van der Waals surface area contributed by atoms with Crippen molar-refractivity contribution >= 4 is 39.8 Å². The molecular formula is C13H16N4OS2. The SMILES string of the molecule is Cc1cccc(Nc2nnc(S[C@@H](C)C(N)=O)s2)c1C. The fraction of sp³-hybridized carbons (Fsp3) is 0.308. The number of carbonyl (C=O) groups is 1. The fourth-order valence-corrected chi connectivity index (χ4v) is 3.38. The van der Waals surface area contributed by atoms with Crippen LogP contribution in [-0.4, -0.2) is 21.4 Å². The van der Waals surface area contributed by atoms with E-state index in [9.17, 15) is 4.79 Å². The number of hydrogen-bond acceptors (Lipinski definition) is 6. The molecule has 0 saturated carbocycles. The summed E-state index contributed by atoms with van der Waals surface area (Å²) in [5, 5.41) is 11.8. The van der Waals surface area contributed by atoms with Crippen molar-refractivity contribution in [1.82, 2.24) is 10.2 Å². The predicted molar refractivity (Wildman–Crippen MR) is 83.6 cm³/mol. The lowest BCUT2D eigenvalue weighted by Crippen LogP contribution is -2.22. The molecule has 0 radical (unpaired) electrons. The molecule has 3 N–H and O–H groups in total. The molecule has 5 nitrogen and oxygen atoms in total. The van der Waals surface area contributed by atoms with Gasteiger partial charge in [0.25, 0.3) is 0 Å². The largest absolute Gasteiger partial charge is 0.369 e. The highest BCUT2D eigenvalue weighted by atomic mass is 32.2. The van der Waals surface area contributed by atoms with E-state index in [4.69, 9.17) is 5.73 Å². The van der Waals surface area contributed by atoms with Gasteiger partial charge in [0.05, 0.1) is 5.25 Å². The van der Waals surface area contributed by atoms with Crippen molar-refractivity contribution in [1.29, 1.82) is 0 Å². The first-order valence-electron chi connectivity index (χ1n) is 6.10. The summed E-state index contributed by atoms with van der Waals surface area (Å²) in [6.07, 6.45) is 0. The first-order valence-corrected chi connectivity index (χ1v) is 7.79. The molecule has 1 amide bonds. The Labute approximate surface area is 126 Å². The van der Waals surface area contributed by atoms with Crippen molar-refractivity contribution in [3.63, 3.8) is 0 Å². The number of hydrogen-bond donors (Lipinski definition) is 2. The third-order valence-electron chi connectivity index (χ3n) is 2.93. The molecule has 0 fully saturated rings. The number of nitrogens with two attached hydrogens (primary N) is 1. The second kappa shape index (κ2) is 6.23. The molecule has 1 heterocycles. The molecule has 1 aromatic heterocycles. The third-order valence-corrected chi connectivity index (χ3v) is 4.97. The zero-order chi connectivity index (χ0) is 14.7.